The highest BCUT2D eigenvalue weighted by Gasteiger charge is 2.30. The van der Waals surface area contributed by atoms with Crippen LogP contribution in [0.4, 0.5) is 4.79 Å². The molecule has 2 heterocycles. The van der Waals surface area contributed by atoms with E-state index in [1.54, 1.807) is 0 Å². The summed E-state index contributed by atoms with van der Waals surface area (Å²) in [7, 11) is 2.21. The van der Waals surface area contributed by atoms with E-state index < -0.39 is 5.60 Å². The second kappa shape index (κ2) is 7.84. The van der Waals surface area contributed by atoms with E-state index in [-0.39, 0.29) is 6.09 Å². The molecule has 0 saturated carbocycles. The molecule has 2 fully saturated rings. The summed E-state index contributed by atoms with van der Waals surface area (Å²) in [6.07, 6.45) is 4.62. The molecule has 3 atom stereocenters. The third-order valence-corrected chi connectivity index (χ3v) is 4.94. The third-order valence-electron chi connectivity index (χ3n) is 4.94. The second-order valence-electron chi connectivity index (χ2n) is 8.39. The summed E-state index contributed by atoms with van der Waals surface area (Å²) in [6, 6.07) is 0.889. The number of nitrogens with zero attached hydrogens (tertiary/aromatic N) is 2. The summed E-state index contributed by atoms with van der Waals surface area (Å²) in [5, 5.41) is 3.78. The molecule has 0 bridgehead atoms. The van der Waals surface area contributed by atoms with Gasteiger partial charge in [0.2, 0.25) is 0 Å². The molecule has 2 aliphatic rings. The summed E-state index contributed by atoms with van der Waals surface area (Å²) < 4.78 is 5.51. The van der Waals surface area contributed by atoms with E-state index in [1.807, 2.05) is 25.7 Å². The highest BCUT2D eigenvalue weighted by Crippen LogP contribution is 2.21. The standard InChI is InChI=1S/C18H35N3O2/c1-14(15-8-6-10-20(5)12-15)19-16-9-7-11-21(13-16)17(22)23-18(2,3)4/h14-16,19H,6-13H2,1-5H3. The fraction of sp³-hybridized carbons (Fsp3) is 0.944. The molecule has 5 heteroatoms. The summed E-state index contributed by atoms with van der Waals surface area (Å²) in [6.45, 7) is 12.0. The lowest BCUT2D eigenvalue weighted by molar-refractivity contribution is 0.0178. The molecular weight excluding hydrogens is 290 g/mol. The van der Waals surface area contributed by atoms with E-state index in [9.17, 15) is 4.79 Å². The Hall–Kier alpha value is -0.810. The maximum absolute atomic E-state index is 12.3. The highest BCUT2D eigenvalue weighted by molar-refractivity contribution is 5.68. The molecule has 2 aliphatic heterocycles. The van der Waals surface area contributed by atoms with Crippen molar-refractivity contribution in [3.63, 3.8) is 0 Å². The van der Waals surface area contributed by atoms with E-state index >= 15 is 0 Å². The van der Waals surface area contributed by atoms with Crippen LogP contribution in [0.25, 0.3) is 0 Å². The maximum atomic E-state index is 12.3. The maximum Gasteiger partial charge on any atom is 0.410 e. The lowest BCUT2D eigenvalue weighted by Gasteiger charge is -2.39. The van der Waals surface area contributed by atoms with Crippen LogP contribution in [0.2, 0.25) is 0 Å². The van der Waals surface area contributed by atoms with Crippen molar-refractivity contribution in [2.75, 3.05) is 33.2 Å². The molecule has 0 aromatic heterocycles. The Morgan fingerprint density at radius 2 is 1.87 bits per heavy atom. The Labute approximate surface area is 141 Å². The van der Waals surface area contributed by atoms with E-state index in [0.717, 1.165) is 25.9 Å². The van der Waals surface area contributed by atoms with Gasteiger partial charge in [-0.25, -0.2) is 4.79 Å². The Morgan fingerprint density at radius 3 is 2.52 bits per heavy atom. The topological polar surface area (TPSA) is 44.8 Å². The van der Waals surface area contributed by atoms with Gasteiger partial charge < -0.3 is 19.9 Å². The molecule has 2 rings (SSSR count). The molecule has 0 aromatic rings. The van der Waals surface area contributed by atoms with E-state index in [2.05, 4.69) is 24.2 Å². The number of carbonyl (C=O) groups excluding carboxylic acids is 1. The van der Waals surface area contributed by atoms with Crippen LogP contribution < -0.4 is 5.32 Å². The van der Waals surface area contributed by atoms with Gasteiger partial charge in [-0.15, -0.1) is 0 Å². The van der Waals surface area contributed by atoms with Gasteiger partial charge in [-0.05, 0) is 72.9 Å². The first-order chi connectivity index (χ1) is 10.7. The van der Waals surface area contributed by atoms with Crippen molar-refractivity contribution >= 4 is 6.09 Å². The first-order valence-corrected chi connectivity index (χ1v) is 9.17. The normalized spacial score (nSPS) is 28.5. The van der Waals surface area contributed by atoms with E-state index in [1.165, 1.54) is 25.9 Å². The van der Waals surface area contributed by atoms with Gasteiger partial charge in [-0.3, -0.25) is 0 Å². The number of hydrogen-bond donors (Lipinski definition) is 1. The molecule has 0 spiro atoms. The van der Waals surface area contributed by atoms with Gasteiger partial charge in [0, 0.05) is 31.7 Å². The number of likely N-dealkylation sites (tertiary alicyclic amines) is 2. The second-order valence-corrected chi connectivity index (χ2v) is 8.39. The van der Waals surface area contributed by atoms with E-state index in [0.29, 0.717) is 18.0 Å². The highest BCUT2D eigenvalue weighted by atomic mass is 16.6. The minimum atomic E-state index is -0.419. The van der Waals surface area contributed by atoms with Gasteiger partial charge in [0.15, 0.2) is 0 Å². The average molecular weight is 325 g/mol. The smallest absolute Gasteiger partial charge is 0.410 e. The number of hydrogen-bond acceptors (Lipinski definition) is 4. The molecular formula is C18H35N3O2. The van der Waals surface area contributed by atoms with Crippen molar-refractivity contribution in [2.45, 2.75) is 71.1 Å². The quantitative estimate of drug-likeness (QED) is 0.866. The molecule has 5 nitrogen and oxygen atoms in total. The number of nitrogens with one attached hydrogen (secondary N) is 1. The van der Waals surface area contributed by atoms with Crippen molar-refractivity contribution in [1.82, 2.24) is 15.1 Å². The Balaban J connectivity index is 1.82. The van der Waals surface area contributed by atoms with Crippen LogP contribution in [0.15, 0.2) is 0 Å². The first-order valence-electron chi connectivity index (χ1n) is 9.17. The number of ether oxygens (including phenoxy) is 1. The summed E-state index contributed by atoms with van der Waals surface area (Å²) in [5.41, 5.74) is -0.419. The third kappa shape index (κ3) is 5.96. The van der Waals surface area contributed by atoms with Crippen LogP contribution >= 0.6 is 0 Å². The predicted octanol–water partition coefficient (Wildman–Crippen LogP) is 2.71. The average Bonchev–Trinajstić information content (AvgIpc) is 2.45. The van der Waals surface area contributed by atoms with Gasteiger partial charge in [0.05, 0.1) is 0 Å². The van der Waals surface area contributed by atoms with Gasteiger partial charge >= 0.3 is 6.09 Å². The van der Waals surface area contributed by atoms with Crippen molar-refractivity contribution in [3.8, 4) is 0 Å². The van der Waals surface area contributed by atoms with Crippen LogP contribution in [-0.4, -0.2) is 66.8 Å². The molecule has 1 N–H and O–H groups in total. The van der Waals surface area contributed by atoms with Gasteiger partial charge in [-0.2, -0.15) is 0 Å². The minimum absolute atomic E-state index is 0.172. The van der Waals surface area contributed by atoms with Gasteiger partial charge in [0.25, 0.3) is 0 Å². The summed E-state index contributed by atoms with van der Waals surface area (Å²) in [4.78, 5) is 16.6. The van der Waals surface area contributed by atoms with Gasteiger partial charge in [-0.1, -0.05) is 0 Å². The van der Waals surface area contributed by atoms with Crippen molar-refractivity contribution in [1.29, 1.82) is 0 Å². The fourth-order valence-electron chi connectivity index (χ4n) is 3.73. The summed E-state index contributed by atoms with van der Waals surface area (Å²) in [5.74, 6) is 0.714. The number of carbonyl (C=O) groups is 1. The molecule has 3 unspecified atom stereocenters. The Bertz CT molecular complexity index is 394. The first kappa shape index (κ1) is 18.5. The van der Waals surface area contributed by atoms with Crippen LogP contribution in [-0.2, 0) is 4.74 Å². The number of piperidine rings is 2. The minimum Gasteiger partial charge on any atom is -0.444 e. The molecule has 1 amide bonds. The molecule has 2 saturated heterocycles. The van der Waals surface area contributed by atoms with Crippen LogP contribution in [0, 0.1) is 5.92 Å². The predicted molar refractivity (Wildman–Crippen MR) is 93.6 cm³/mol. The molecule has 23 heavy (non-hydrogen) atoms. The zero-order chi connectivity index (χ0) is 17.0. The molecule has 0 aliphatic carbocycles. The van der Waals surface area contributed by atoms with Crippen LogP contribution in [0.5, 0.6) is 0 Å². The van der Waals surface area contributed by atoms with Crippen LogP contribution in [0.3, 0.4) is 0 Å². The molecule has 0 radical (unpaired) electrons. The van der Waals surface area contributed by atoms with E-state index in [4.69, 9.17) is 4.74 Å². The van der Waals surface area contributed by atoms with Crippen LogP contribution in [0.1, 0.15) is 53.4 Å². The van der Waals surface area contributed by atoms with Crippen molar-refractivity contribution < 1.29 is 9.53 Å². The fourth-order valence-corrected chi connectivity index (χ4v) is 3.73. The largest absolute Gasteiger partial charge is 0.444 e. The molecule has 0 aromatic carbocycles. The Morgan fingerprint density at radius 1 is 1.17 bits per heavy atom. The van der Waals surface area contributed by atoms with Crippen molar-refractivity contribution in [3.05, 3.63) is 0 Å². The lowest BCUT2D eigenvalue weighted by atomic mass is 9.91. The van der Waals surface area contributed by atoms with Crippen molar-refractivity contribution in [2.24, 2.45) is 5.92 Å². The zero-order valence-corrected chi connectivity index (χ0v) is 15.6. The zero-order valence-electron chi connectivity index (χ0n) is 15.6. The summed E-state index contributed by atoms with van der Waals surface area (Å²) >= 11 is 0. The number of rotatable bonds is 3. The Kier molecular flexibility index (Phi) is 6.32. The monoisotopic (exact) mass is 325 g/mol. The number of amides is 1. The molecule has 134 valence electrons. The van der Waals surface area contributed by atoms with Gasteiger partial charge in [0.1, 0.15) is 5.60 Å². The lowest BCUT2D eigenvalue weighted by Crippen LogP contribution is -2.53. The SMILES string of the molecule is CC(NC1CCCN(C(=O)OC(C)(C)C)C1)C1CCCN(C)C1.